The molecular formula is C14H23BrN4O. The summed E-state index contributed by atoms with van der Waals surface area (Å²) in [5.41, 5.74) is 0.862. The minimum Gasteiger partial charge on any atom is -0.368 e. The van der Waals surface area contributed by atoms with Crippen LogP contribution < -0.4 is 15.8 Å². The Morgan fingerprint density at radius 2 is 2.35 bits per heavy atom. The molecule has 6 heteroatoms. The van der Waals surface area contributed by atoms with Crippen LogP contribution >= 0.6 is 15.9 Å². The molecule has 1 saturated heterocycles. The molecule has 20 heavy (non-hydrogen) atoms. The van der Waals surface area contributed by atoms with Gasteiger partial charge in [-0.2, -0.15) is 5.10 Å². The Hall–Kier alpha value is -0.880. The van der Waals surface area contributed by atoms with E-state index in [9.17, 15) is 4.79 Å². The van der Waals surface area contributed by atoms with Crippen LogP contribution in [0.15, 0.2) is 15.5 Å². The second-order valence-electron chi connectivity index (χ2n) is 5.20. The molecule has 1 aromatic rings. The highest BCUT2D eigenvalue weighted by molar-refractivity contribution is 9.10. The van der Waals surface area contributed by atoms with E-state index in [-0.39, 0.29) is 5.56 Å². The number of anilines is 1. The van der Waals surface area contributed by atoms with Gasteiger partial charge in [0.15, 0.2) is 0 Å². The van der Waals surface area contributed by atoms with Gasteiger partial charge in [0.05, 0.1) is 11.9 Å². The average molecular weight is 343 g/mol. The van der Waals surface area contributed by atoms with Gasteiger partial charge in [-0.3, -0.25) is 4.79 Å². The normalized spacial score (nSPS) is 18.4. The molecule has 1 N–H and O–H groups in total. The number of aromatic nitrogens is 2. The summed E-state index contributed by atoms with van der Waals surface area (Å²) < 4.78 is 2.15. The van der Waals surface area contributed by atoms with E-state index in [2.05, 4.69) is 38.2 Å². The lowest BCUT2D eigenvalue weighted by atomic mass is 10.2. The number of hydrogen-bond acceptors (Lipinski definition) is 4. The highest BCUT2D eigenvalue weighted by atomic mass is 79.9. The van der Waals surface area contributed by atoms with Crippen molar-refractivity contribution in [1.82, 2.24) is 15.1 Å². The minimum absolute atomic E-state index is 0.0396. The predicted octanol–water partition coefficient (Wildman–Crippen LogP) is 1.99. The Labute approximate surface area is 128 Å². The fraction of sp³-hybridized carbons (Fsp3) is 0.714. The van der Waals surface area contributed by atoms with E-state index in [1.165, 1.54) is 17.5 Å². The van der Waals surface area contributed by atoms with Crippen LogP contribution in [0.2, 0.25) is 0 Å². The van der Waals surface area contributed by atoms with Gasteiger partial charge in [-0.15, -0.1) is 0 Å². The smallest absolute Gasteiger partial charge is 0.283 e. The molecule has 0 aliphatic carbocycles. The molecule has 1 aliphatic rings. The molecule has 1 atom stereocenters. The van der Waals surface area contributed by atoms with Crippen molar-refractivity contribution in [3.8, 4) is 0 Å². The molecule has 5 nitrogen and oxygen atoms in total. The van der Waals surface area contributed by atoms with E-state index in [4.69, 9.17) is 0 Å². The van der Waals surface area contributed by atoms with E-state index in [1.54, 1.807) is 6.20 Å². The number of halogens is 1. The molecule has 2 rings (SSSR count). The van der Waals surface area contributed by atoms with E-state index < -0.39 is 0 Å². The van der Waals surface area contributed by atoms with Gasteiger partial charge in [0.25, 0.3) is 5.56 Å². The molecule has 1 unspecified atom stereocenters. The zero-order valence-corrected chi connectivity index (χ0v) is 13.8. The largest absolute Gasteiger partial charge is 0.368 e. The molecule has 0 spiro atoms. The summed E-state index contributed by atoms with van der Waals surface area (Å²) >= 11 is 3.46. The first-order chi connectivity index (χ1) is 9.67. The fourth-order valence-corrected chi connectivity index (χ4v) is 3.18. The number of likely N-dealkylation sites (N-methyl/N-ethyl adjacent to an activating group) is 1. The summed E-state index contributed by atoms with van der Waals surface area (Å²) in [6, 6.07) is 0.514. The lowest BCUT2D eigenvalue weighted by Crippen LogP contribution is -2.39. The average Bonchev–Trinajstić information content (AvgIpc) is 2.95. The van der Waals surface area contributed by atoms with Gasteiger partial charge in [0, 0.05) is 25.7 Å². The zero-order valence-electron chi connectivity index (χ0n) is 12.2. The van der Waals surface area contributed by atoms with Gasteiger partial charge < -0.3 is 10.2 Å². The molecule has 1 aliphatic heterocycles. The van der Waals surface area contributed by atoms with Crippen molar-refractivity contribution >= 4 is 21.6 Å². The molecule has 112 valence electrons. The molecule has 0 radical (unpaired) electrons. The van der Waals surface area contributed by atoms with Crippen LogP contribution in [-0.2, 0) is 6.54 Å². The van der Waals surface area contributed by atoms with Crippen LogP contribution in [-0.4, -0.2) is 35.5 Å². The second-order valence-corrected chi connectivity index (χ2v) is 6.00. The first-order valence-corrected chi connectivity index (χ1v) is 8.20. The lowest BCUT2D eigenvalue weighted by molar-refractivity contribution is 0.557. The summed E-state index contributed by atoms with van der Waals surface area (Å²) in [5.74, 6) is 0. The highest BCUT2D eigenvalue weighted by Gasteiger charge is 2.20. The quantitative estimate of drug-likeness (QED) is 0.858. The Morgan fingerprint density at radius 3 is 2.95 bits per heavy atom. The van der Waals surface area contributed by atoms with Crippen molar-refractivity contribution in [2.45, 2.75) is 45.7 Å². The van der Waals surface area contributed by atoms with E-state index in [1.807, 2.05) is 6.92 Å². The maximum Gasteiger partial charge on any atom is 0.283 e. The molecular weight excluding hydrogens is 320 g/mol. The van der Waals surface area contributed by atoms with Crippen LogP contribution in [0.4, 0.5) is 5.69 Å². The Kier molecular flexibility index (Phi) is 5.60. The van der Waals surface area contributed by atoms with Crippen molar-refractivity contribution in [2.75, 3.05) is 24.5 Å². The van der Waals surface area contributed by atoms with E-state index in [0.717, 1.165) is 31.7 Å². The van der Waals surface area contributed by atoms with E-state index >= 15 is 0 Å². The molecule has 2 heterocycles. The molecule has 1 fully saturated rings. The number of rotatable bonds is 6. The van der Waals surface area contributed by atoms with Gasteiger partial charge in [0.1, 0.15) is 4.47 Å². The van der Waals surface area contributed by atoms with Gasteiger partial charge >= 0.3 is 0 Å². The van der Waals surface area contributed by atoms with Crippen LogP contribution in [0.5, 0.6) is 0 Å². The van der Waals surface area contributed by atoms with Crippen LogP contribution in [0.3, 0.4) is 0 Å². The minimum atomic E-state index is -0.0396. The second kappa shape index (κ2) is 7.22. The SMILES string of the molecule is CCCn1ncc(N(CC)CC2CCCN2)c(Br)c1=O. The van der Waals surface area contributed by atoms with Gasteiger partial charge in [-0.1, -0.05) is 6.92 Å². The van der Waals surface area contributed by atoms with Crippen LogP contribution in [0, 0.1) is 0 Å². The first-order valence-electron chi connectivity index (χ1n) is 7.41. The summed E-state index contributed by atoms with van der Waals surface area (Å²) in [7, 11) is 0. The maximum absolute atomic E-state index is 12.2. The summed E-state index contributed by atoms with van der Waals surface area (Å²) in [6.07, 6.45) is 5.15. The molecule has 0 amide bonds. The van der Waals surface area contributed by atoms with Crippen molar-refractivity contribution in [3.63, 3.8) is 0 Å². The monoisotopic (exact) mass is 342 g/mol. The van der Waals surface area contributed by atoms with Gasteiger partial charge in [-0.25, -0.2) is 4.68 Å². The highest BCUT2D eigenvalue weighted by Crippen LogP contribution is 2.22. The number of nitrogens with zero attached hydrogens (tertiary/aromatic N) is 3. The fourth-order valence-electron chi connectivity index (χ4n) is 2.62. The Morgan fingerprint density at radius 1 is 1.55 bits per heavy atom. The number of nitrogens with one attached hydrogen (secondary N) is 1. The number of aryl methyl sites for hydroxylation is 1. The Balaban J connectivity index is 2.20. The lowest BCUT2D eigenvalue weighted by Gasteiger charge is -2.27. The van der Waals surface area contributed by atoms with Crippen LogP contribution in [0.1, 0.15) is 33.1 Å². The number of hydrogen-bond donors (Lipinski definition) is 1. The zero-order chi connectivity index (χ0) is 14.5. The summed E-state index contributed by atoms with van der Waals surface area (Å²) in [6.45, 7) is 7.70. The van der Waals surface area contributed by atoms with Crippen molar-refractivity contribution in [3.05, 3.63) is 21.0 Å². The molecule has 1 aromatic heterocycles. The standard InChI is InChI=1S/C14H23BrN4O/c1-3-8-19-14(20)13(15)12(9-17-19)18(4-2)10-11-6-5-7-16-11/h9,11,16H,3-8,10H2,1-2H3. The van der Waals surface area contributed by atoms with Crippen LogP contribution in [0.25, 0.3) is 0 Å². The first kappa shape index (κ1) is 15.5. The third-order valence-electron chi connectivity index (χ3n) is 3.73. The van der Waals surface area contributed by atoms with Gasteiger partial charge in [-0.05, 0) is 48.7 Å². The van der Waals surface area contributed by atoms with Gasteiger partial charge in [0.2, 0.25) is 0 Å². The summed E-state index contributed by atoms with van der Waals surface area (Å²) in [4.78, 5) is 14.5. The maximum atomic E-state index is 12.2. The van der Waals surface area contributed by atoms with Crippen molar-refractivity contribution in [1.29, 1.82) is 0 Å². The van der Waals surface area contributed by atoms with Crippen molar-refractivity contribution < 1.29 is 0 Å². The Bertz CT molecular complexity index is 496. The summed E-state index contributed by atoms with van der Waals surface area (Å²) in [5, 5.41) is 7.78. The van der Waals surface area contributed by atoms with E-state index in [0.29, 0.717) is 17.1 Å². The molecule has 0 aromatic carbocycles. The molecule has 0 bridgehead atoms. The topological polar surface area (TPSA) is 50.2 Å². The van der Waals surface area contributed by atoms with Crippen molar-refractivity contribution in [2.24, 2.45) is 0 Å². The third-order valence-corrected chi connectivity index (χ3v) is 4.47. The third kappa shape index (κ3) is 3.41. The predicted molar refractivity (Wildman–Crippen MR) is 85.4 cm³/mol. The molecule has 0 saturated carbocycles.